The van der Waals surface area contributed by atoms with Gasteiger partial charge in [-0.15, -0.1) is 0 Å². The van der Waals surface area contributed by atoms with Gasteiger partial charge in [0.2, 0.25) is 0 Å². The van der Waals surface area contributed by atoms with Crippen molar-refractivity contribution >= 4 is 17.3 Å². The van der Waals surface area contributed by atoms with Crippen LogP contribution in [0.4, 0.5) is 5.69 Å². The Morgan fingerprint density at radius 2 is 2.00 bits per heavy atom. The van der Waals surface area contributed by atoms with Gasteiger partial charge in [-0.05, 0) is 24.6 Å². The van der Waals surface area contributed by atoms with E-state index >= 15 is 0 Å². The maximum absolute atomic E-state index is 8.65. The highest BCUT2D eigenvalue weighted by molar-refractivity contribution is 6.31. The first kappa shape index (κ1) is 12.2. The predicted molar refractivity (Wildman–Crippen MR) is 70.5 cm³/mol. The van der Waals surface area contributed by atoms with Crippen LogP contribution in [0.25, 0.3) is 0 Å². The van der Waals surface area contributed by atoms with Crippen molar-refractivity contribution in [3.63, 3.8) is 0 Å². The fourth-order valence-corrected chi connectivity index (χ4v) is 2.22. The average molecular weight is 250 g/mol. The molecule has 0 N–H and O–H groups in total. The third kappa shape index (κ3) is 2.91. The number of nitrogens with zero attached hydrogens (tertiary/aromatic N) is 3. The Kier molecular flexibility index (Phi) is 3.88. The highest BCUT2D eigenvalue weighted by Gasteiger charge is 2.16. The van der Waals surface area contributed by atoms with Crippen LogP contribution in [0.15, 0.2) is 18.2 Å². The normalized spacial score (nSPS) is 16.9. The molecule has 0 atom stereocenters. The van der Waals surface area contributed by atoms with Crippen molar-refractivity contribution in [3.05, 3.63) is 28.8 Å². The molecule has 0 bridgehead atoms. The van der Waals surface area contributed by atoms with E-state index in [1.165, 1.54) is 5.69 Å². The topological polar surface area (TPSA) is 30.3 Å². The average Bonchev–Trinajstić information content (AvgIpc) is 2.34. The Bertz CT molecular complexity index is 431. The second-order valence-electron chi connectivity index (χ2n) is 4.35. The molecule has 17 heavy (non-hydrogen) atoms. The maximum atomic E-state index is 8.65. The van der Waals surface area contributed by atoms with Gasteiger partial charge in [-0.1, -0.05) is 17.7 Å². The molecule has 1 aromatic carbocycles. The summed E-state index contributed by atoms with van der Waals surface area (Å²) in [6, 6.07) is 8.39. The van der Waals surface area contributed by atoms with Crippen LogP contribution in [-0.4, -0.2) is 37.6 Å². The van der Waals surface area contributed by atoms with Gasteiger partial charge in [-0.25, -0.2) is 0 Å². The molecule has 90 valence electrons. The quantitative estimate of drug-likeness (QED) is 0.754. The van der Waals surface area contributed by atoms with Crippen LogP contribution in [0.1, 0.15) is 5.56 Å². The lowest BCUT2D eigenvalue weighted by Gasteiger charge is -2.35. The Morgan fingerprint density at radius 1 is 1.29 bits per heavy atom. The lowest BCUT2D eigenvalue weighted by Crippen LogP contribution is -2.46. The van der Waals surface area contributed by atoms with E-state index in [0.717, 1.165) is 36.8 Å². The summed E-state index contributed by atoms with van der Waals surface area (Å²) in [5.74, 6) is 0. The number of hydrogen-bond donors (Lipinski definition) is 0. The summed E-state index contributed by atoms with van der Waals surface area (Å²) in [6.45, 7) is 6.35. The lowest BCUT2D eigenvalue weighted by atomic mass is 10.2. The summed E-state index contributed by atoms with van der Waals surface area (Å²) in [5.41, 5.74) is 2.29. The number of benzene rings is 1. The van der Waals surface area contributed by atoms with Crippen molar-refractivity contribution < 1.29 is 0 Å². The van der Waals surface area contributed by atoms with E-state index in [2.05, 4.69) is 28.0 Å². The van der Waals surface area contributed by atoms with Crippen LogP contribution in [0, 0.1) is 18.3 Å². The van der Waals surface area contributed by atoms with Gasteiger partial charge >= 0.3 is 0 Å². The molecule has 1 aliphatic rings. The monoisotopic (exact) mass is 249 g/mol. The van der Waals surface area contributed by atoms with Crippen molar-refractivity contribution in [3.8, 4) is 6.07 Å². The van der Waals surface area contributed by atoms with Crippen molar-refractivity contribution in [2.75, 3.05) is 37.6 Å². The molecule has 0 spiro atoms. The Morgan fingerprint density at radius 3 is 2.59 bits per heavy atom. The smallest absolute Gasteiger partial charge is 0.0867 e. The first-order chi connectivity index (χ1) is 8.20. The van der Waals surface area contributed by atoms with Crippen LogP contribution in [0.5, 0.6) is 0 Å². The largest absolute Gasteiger partial charge is 0.369 e. The standard InChI is InChI=1S/C13H16ClN3/c1-11-2-3-12(10-13(11)14)17-8-6-16(5-4-15)7-9-17/h2-3,10H,5-9H2,1H3. The van der Waals surface area contributed by atoms with Gasteiger partial charge in [-0.2, -0.15) is 5.26 Å². The van der Waals surface area contributed by atoms with Crippen LogP contribution >= 0.6 is 11.6 Å². The summed E-state index contributed by atoms with van der Waals surface area (Å²) in [7, 11) is 0. The van der Waals surface area contributed by atoms with E-state index in [-0.39, 0.29) is 0 Å². The Balaban J connectivity index is 2.01. The fraction of sp³-hybridized carbons (Fsp3) is 0.462. The molecule has 2 rings (SSSR count). The molecule has 4 heteroatoms. The van der Waals surface area contributed by atoms with Crippen LogP contribution in [0.2, 0.25) is 5.02 Å². The second kappa shape index (κ2) is 5.39. The molecule has 3 nitrogen and oxygen atoms in total. The van der Waals surface area contributed by atoms with Gasteiger partial charge < -0.3 is 4.90 Å². The molecule has 1 aliphatic heterocycles. The van der Waals surface area contributed by atoms with Gasteiger partial charge in [-0.3, -0.25) is 4.90 Å². The molecule has 1 aromatic rings. The van der Waals surface area contributed by atoms with E-state index in [1.54, 1.807) is 0 Å². The molecule has 0 radical (unpaired) electrons. The number of hydrogen-bond acceptors (Lipinski definition) is 3. The number of nitriles is 1. The molecular formula is C13H16ClN3. The van der Waals surface area contributed by atoms with Crippen LogP contribution in [0.3, 0.4) is 0 Å². The summed E-state index contributed by atoms with van der Waals surface area (Å²) in [6.07, 6.45) is 0. The van der Waals surface area contributed by atoms with Gasteiger partial charge in [0.25, 0.3) is 0 Å². The van der Waals surface area contributed by atoms with Crippen molar-refractivity contribution in [2.24, 2.45) is 0 Å². The predicted octanol–water partition coefficient (Wildman–Crippen LogP) is 2.29. The van der Waals surface area contributed by atoms with E-state index in [1.807, 2.05) is 13.0 Å². The minimum Gasteiger partial charge on any atom is -0.369 e. The Hall–Kier alpha value is -1.24. The highest BCUT2D eigenvalue weighted by atomic mass is 35.5. The van der Waals surface area contributed by atoms with E-state index in [4.69, 9.17) is 16.9 Å². The molecule has 1 heterocycles. The third-order valence-corrected chi connectivity index (χ3v) is 3.59. The number of piperazine rings is 1. The zero-order chi connectivity index (χ0) is 12.3. The zero-order valence-electron chi connectivity index (χ0n) is 9.99. The first-order valence-corrected chi connectivity index (χ1v) is 6.19. The highest BCUT2D eigenvalue weighted by Crippen LogP contribution is 2.23. The number of anilines is 1. The summed E-state index contributed by atoms with van der Waals surface area (Å²) in [4.78, 5) is 4.49. The second-order valence-corrected chi connectivity index (χ2v) is 4.76. The molecular weight excluding hydrogens is 234 g/mol. The van der Waals surface area contributed by atoms with E-state index < -0.39 is 0 Å². The van der Waals surface area contributed by atoms with E-state index in [0.29, 0.717) is 6.54 Å². The number of aryl methyl sites for hydroxylation is 1. The molecule has 0 amide bonds. The number of rotatable bonds is 2. The van der Waals surface area contributed by atoms with Crippen molar-refractivity contribution in [1.29, 1.82) is 5.26 Å². The van der Waals surface area contributed by atoms with Crippen molar-refractivity contribution in [2.45, 2.75) is 6.92 Å². The summed E-state index contributed by atoms with van der Waals surface area (Å²) >= 11 is 6.13. The minimum absolute atomic E-state index is 0.530. The zero-order valence-corrected chi connectivity index (χ0v) is 10.7. The summed E-state index contributed by atoms with van der Waals surface area (Å²) < 4.78 is 0. The van der Waals surface area contributed by atoms with Gasteiger partial charge in [0, 0.05) is 36.9 Å². The minimum atomic E-state index is 0.530. The van der Waals surface area contributed by atoms with Gasteiger partial charge in [0.1, 0.15) is 0 Å². The molecule has 1 fully saturated rings. The molecule has 0 unspecified atom stereocenters. The van der Waals surface area contributed by atoms with Crippen LogP contribution < -0.4 is 4.90 Å². The van der Waals surface area contributed by atoms with Gasteiger partial charge in [0.05, 0.1) is 12.6 Å². The summed E-state index contributed by atoms with van der Waals surface area (Å²) in [5, 5.41) is 9.47. The maximum Gasteiger partial charge on any atom is 0.0867 e. The Labute approximate surface area is 107 Å². The molecule has 0 aliphatic carbocycles. The third-order valence-electron chi connectivity index (χ3n) is 3.19. The van der Waals surface area contributed by atoms with Gasteiger partial charge in [0.15, 0.2) is 0 Å². The first-order valence-electron chi connectivity index (χ1n) is 5.81. The van der Waals surface area contributed by atoms with Crippen LogP contribution in [-0.2, 0) is 0 Å². The number of halogens is 1. The van der Waals surface area contributed by atoms with E-state index in [9.17, 15) is 0 Å². The lowest BCUT2D eigenvalue weighted by molar-refractivity contribution is 0.287. The van der Waals surface area contributed by atoms with Crippen molar-refractivity contribution in [1.82, 2.24) is 4.90 Å². The molecule has 0 saturated carbocycles. The SMILES string of the molecule is Cc1ccc(N2CCN(CC#N)CC2)cc1Cl. The fourth-order valence-electron chi connectivity index (χ4n) is 2.04. The molecule has 0 aromatic heterocycles. The molecule has 1 saturated heterocycles.